The zero-order valence-corrected chi connectivity index (χ0v) is 24.6. The van der Waals surface area contributed by atoms with Crippen molar-refractivity contribution in [1.29, 1.82) is 0 Å². The number of ether oxygens (including phenoxy) is 1. The second-order valence-corrected chi connectivity index (χ2v) is 10.9. The second kappa shape index (κ2) is 13.2. The van der Waals surface area contributed by atoms with Crippen LogP contribution in [-0.2, 0) is 20.9 Å². The largest absolute Gasteiger partial charge is 0.444 e. The standard InChI is InChI=1S/C32H35N5O6/c1-5-36-17-18-37(29(40)28(36)39)30(41)33-20-21-11-13-23(14-12-21)27(38)34-26-19-24(22-9-7-6-8-10-22)15-16-25(26)35-31(42)43-32(2,3)4/h6-16,19H,5,17-18,20H2,1-4H3,(H,33,41)(H,34,38)(H,35,42). The summed E-state index contributed by atoms with van der Waals surface area (Å²) in [7, 11) is 0. The normalized spacial score (nSPS) is 13.4. The van der Waals surface area contributed by atoms with E-state index >= 15 is 0 Å². The smallest absolute Gasteiger partial charge is 0.412 e. The molecule has 11 heteroatoms. The first-order valence-corrected chi connectivity index (χ1v) is 13.9. The van der Waals surface area contributed by atoms with Gasteiger partial charge in [0.1, 0.15) is 5.60 Å². The van der Waals surface area contributed by atoms with Gasteiger partial charge in [-0.25, -0.2) is 9.59 Å². The zero-order valence-electron chi connectivity index (χ0n) is 24.6. The van der Waals surface area contributed by atoms with Gasteiger partial charge in [0.25, 0.3) is 5.91 Å². The summed E-state index contributed by atoms with van der Waals surface area (Å²) in [5.74, 6) is -1.96. The van der Waals surface area contributed by atoms with Crippen molar-refractivity contribution in [2.24, 2.45) is 0 Å². The van der Waals surface area contributed by atoms with Crippen molar-refractivity contribution < 1.29 is 28.7 Å². The van der Waals surface area contributed by atoms with E-state index in [4.69, 9.17) is 4.74 Å². The van der Waals surface area contributed by atoms with Gasteiger partial charge < -0.3 is 20.3 Å². The number of nitrogens with zero attached hydrogens (tertiary/aromatic N) is 2. The molecule has 4 rings (SSSR count). The van der Waals surface area contributed by atoms with E-state index in [9.17, 15) is 24.0 Å². The highest BCUT2D eigenvalue weighted by molar-refractivity contribution is 6.38. The number of carbonyl (C=O) groups is 5. The molecule has 224 valence electrons. The molecule has 3 aromatic carbocycles. The average Bonchev–Trinajstić information content (AvgIpc) is 2.98. The van der Waals surface area contributed by atoms with E-state index in [0.717, 1.165) is 16.0 Å². The van der Waals surface area contributed by atoms with Crippen LogP contribution in [0, 0.1) is 0 Å². The quantitative estimate of drug-likeness (QED) is 0.339. The highest BCUT2D eigenvalue weighted by atomic mass is 16.6. The fourth-order valence-corrected chi connectivity index (χ4v) is 4.39. The van der Waals surface area contributed by atoms with E-state index in [0.29, 0.717) is 35.6 Å². The Morgan fingerprint density at radius 3 is 2.16 bits per heavy atom. The molecule has 1 saturated heterocycles. The first-order valence-electron chi connectivity index (χ1n) is 13.9. The van der Waals surface area contributed by atoms with Crippen LogP contribution < -0.4 is 16.0 Å². The van der Waals surface area contributed by atoms with Gasteiger partial charge in [-0.15, -0.1) is 0 Å². The summed E-state index contributed by atoms with van der Waals surface area (Å²) in [4.78, 5) is 64.9. The van der Waals surface area contributed by atoms with Crippen LogP contribution in [0.2, 0.25) is 0 Å². The van der Waals surface area contributed by atoms with Gasteiger partial charge in [0.05, 0.1) is 11.4 Å². The van der Waals surface area contributed by atoms with Gasteiger partial charge in [-0.3, -0.25) is 24.6 Å². The number of nitrogens with one attached hydrogen (secondary N) is 3. The Bertz CT molecular complexity index is 1520. The van der Waals surface area contributed by atoms with Crippen LogP contribution in [0.25, 0.3) is 11.1 Å². The number of rotatable bonds is 7. The molecule has 0 radical (unpaired) electrons. The summed E-state index contributed by atoms with van der Waals surface area (Å²) in [5.41, 5.74) is 2.87. The van der Waals surface area contributed by atoms with Gasteiger partial charge in [0.15, 0.2) is 0 Å². The molecule has 1 heterocycles. The zero-order chi connectivity index (χ0) is 31.1. The second-order valence-electron chi connectivity index (χ2n) is 10.9. The van der Waals surface area contributed by atoms with E-state index in [-0.39, 0.29) is 13.1 Å². The van der Waals surface area contributed by atoms with Crippen LogP contribution in [0.1, 0.15) is 43.6 Å². The van der Waals surface area contributed by atoms with Crippen LogP contribution in [0.4, 0.5) is 21.0 Å². The number of hydrogen-bond donors (Lipinski definition) is 3. The number of anilines is 2. The topological polar surface area (TPSA) is 137 Å². The molecule has 0 unspecified atom stereocenters. The lowest BCUT2D eigenvalue weighted by Crippen LogP contribution is -2.58. The fraction of sp³-hybridized carbons (Fsp3) is 0.281. The molecular formula is C32H35N5O6. The number of carbonyl (C=O) groups excluding carboxylic acids is 5. The van der Waals surface area contributed by atoms with Crippen molar-refractivity contribution in [3.8, 4) is 11.1 Å². The molecule has 11 nitrogen and oxygen atoms in total. The minimum absolute atomic E-state index is 0.0965. The summed E-state index contributed by atoms with van der Waals surface area (Å²) in [6.45, 7) is 7.97. The molecule has 1 aliphatic rings. The lowest BCUT2D eigenvalue weighted by molar-refractivity contribution is -0.153. The Kier molecular flexibility index (Phi) is 9.44. The molecule has 3 N–H and O–H groups in total. The summed E-state index contributed by atoms with van der Waals surface area (Å²) < 4.78 is 5.38. The molecule has 1 fully saturated rings. The average molecular weight is 586 g/mol. The number of benzene rings is 3. The maximum Gasteiger partial charge on any atom is 0.412 e. The van der Waals surface area contributed by atoms with Crippen LogP contribution in [0.3, 0.4) is 0 Å². The lowest BCUT2D eigenvalue weighted by atomic mass is 10.0. The summed E-state index contributed by atoms with van der Waals surface area (Å²) in [6.07, 6.45) is -0.653. The predicted molar refractivity (Wildman–Crippen MR) is 162 cm³/mol. The first kappa shape index (κ1) is 30.8. The van der Waals surface area contributed by atoms with Crippen molar-refractivity contribution in [3.63, 3.8) is 0 Å². The summed E-state index contributed by atoms with van der Waals surface area (Å²) in [6, 6.07) is 20.8. The Morgan fingerprint density at radius 2 is 1.51 bits per heavy atom. The highest BCUT2D eigenvalue weighted by Crippen LogP contribution is 2.30. The van der Waals surface area contributed by atoms with Crippen molar-refractivity contribution >= 4 is 41.2 Å². The first-order chi connectivity index (χ1) is 20.4. The van der Waals surface area contributed by atoms with E-state index < -0.39 is 35.4 Å². The molecule has 0 atom stereocenters. The molecule has 0 bridgehead atoms. The monoisotopic (exact) mass is 585 g/mol. The van der Waals surface area contributed by atoms with Crippen LogP contribution in [-0.4, -0.2) is 64.9 Å². The maximum absolute atomic E-state index is 13.2. The predicted octanol–water partition coefficient (Wildman–Crippen LogP) is 4.85. The number of piperazine rings is 1. The van der Waals surface area contributed by atoms with E-state index in [1.54, 1.807) is 64.1 Å². The molecule has 43 heavy (non-hydrogen) atoms. The molecule has 3 aromatic rings. The Hall–Kier alpha value is -5.19. The van der Waals surface area contributed by atoms with Gasteiger partial charge in [0, 0.05) is 31.7 Å². The van der Waals surface area contributed by atoms with Gasteiger partial charge in [-0.2, -0.15) is 0 Å². The van der Waals surface area contributed by atoms with E-state index in [1.807, 2.05) is 36.4 Å². The molecule has 6 amide bonds. The number of amides is 6. The van der Waals surface area contributed by atoms with Crippen LogP contribution in [0.5, 0.6) is 0 Å². The minimum Gasteiger partial charge on any atom is -0.444 e. The minimum atomic E-state index is -0.852. The molecule has 0 aromatic heterocycles. The Morgan fingerprint density at radius 1 is 0.814 bits per heavy atom. The van der Waals surface area contributed by atoms with Gasteiger partial charge >= 0.3 is 23.9 Å². The fourth-order valence-electron chi connectivity index (χ4n) is 4.39. The van der Waals surface area contributed by atoms with E-state index in [1.165, 1.54) is 4.90 Å². The number of imide groups is 1. The van der Waals surface area contributed by atoms with Crippen molar-refractivity contribution in [1.82, 2.24) is 15.1 Å². The summed E-state index contributed by atoms with van der Waals surface area (Å²) in [5, 5.41) is 8.23. The van der Waals surface area contributed by atoms with E-state index in [2.05, 4.69) is 16.0 Å². The highest BCUT2D eigenvalue weighted by Gasteiger charge is 2.35. The third kappa shape index (κ3) is 7.97. The number of hydrogen-bond acceptors (Lipinski definition) is 6. The SMILES string of the molecule is CCN1CCN(C(=O)NCc2ccc(C(=O)Nc3cc(-c4ccccc4)ccc3NC(=O)OC(C)(C)C)cc2)C(=O)C1=O. The molecule has 0 saturated carbocycles. The number of likely N-dealkylation sites (N-methyl/N-ethyl adjacent to an activating group) is 1. The molecule has 0 aliphatic carbocycles. The molecule has 1 aliphatic heterocycles. The third-order valence-electron chi connectivity index (χ3n) is 6.61. The summed E-state index contributed by atoms with van der Waals surface area (Å²) >= 11 is 0. The number of urea groups is 1. The van der Waals surface area contributed by atoms with Crippen LogP contribution >= 0.6 is 0 Å². The lowest BCUT2D eigenvalue weighted by Gasteiger charge is -2.31. The molecular weight excluding hydrogens is 550 g/mol. The Balaban J connectivity index is 1.44. The van der Waals surface area contributed by atoms with Crippen molar-refractivity contribution in [2.45, 2.75) is 39.8 Å². The van der Waals surface area contributed by atoms with Gasteiger partial charge in [-0.05, 0) is 68.7 Å². The van der Waals surface area contributed by atoms with Gasteiger partial charge in [0.2, 0.25) is 0 Å². The third-order valence-corrected chi connectivity index (χ3v) is 6.61. The van der Waals surface area contributed by atoms with Crippen molar-refractivity contribution in [2.75, 3.05) is 30.3 Å². The van der Waals surface area contributed by atoms with Crippen LogP contribution in [0.15, 0.2) is 72.8 Å². The van der Waals surface area contributed by atoms with Gasteiger partial charge in [-0.1, -0.05) is 48.5 Å². The Labute approximate surface area is 250 Å². The van der Waals surface area contributed by atoms with Crippen molar-refractivity contribution in [3.05, 3.63) is 83.9 Å². The molecule has 0 spiro atoms. The maximum atomic E-state index is 13.2.